The number of benzene rings is 2. The van der Waals surface area contributed by atoms with Gasteiger partial charge in [0.25, 0.3) is 0 Å². The smallest absolute Gasteiger partial charge is 0.244 e. The Bertz CT molecular complexity index is 1190. The third-order valence-corrected chi connectivity index (χ3v) is 7.09. The second-order valence-electron chi connectivity index (χ2n) is 9.68. The van der Waals surface area contributed by atoms with E-state index in [4.69, 9.17) is 23.2 Å². The molecule has 0 aromatic heterocycles. The second kappa shape index (κ2) is 11.2. The number of para-hydroxylation sites is 1. The molecule has 2 aromatic carbocycles. The van der Waals surface area contributed by atoms with Gasteiger partial charge in [-0.2, -0.15) is 0 Å². The highest BCUT2D eigenvalue weighted by molar-refractivity contribution is 7.92. The van der Waals surface area contributed by atoms with Crippen molar-refractivity contribution in [1.82, 2.24) is 10.2 Å². The molecule has 1 N–H and O–H groups in total. The highest BCUT2D eigenvalue weighted by atomic mass is 35.5. The zero-order valence-corrected chi connectivity index (χ0v) is 23.5. The van der Waals surface area contributed by atoms with Crippen molar-refractivity contribution in [2.75, 3.05) is 17.1 Å². The van der Waals surface area contributed by atoms with Gasteiger partial charge in [-0.1, -0.05) is 47.5 Å². The van der Waals surface area contributed by atoms with E-state index in [2.05, 4.69) is 5.32 Å². The molecule has 10 heteroatoms. The van der Waals surface area contributed by atoms with Gasteiger partial charge in [0.1, 0.15) is 12.6 Å². The lowest BCUT2D eigenvalue weighted by molar-refractivity contribution is -0.140. The summed E-state index contributed by atoms with van der Waals surface area (Å²) in [5.74, 6) is -0.908. The summed E-state index contributed by atoms with van der Waals surface area (Å²) >= 11 is 12.4. The van der Waals surface area contributed by atoms with Crippen LogP contribution in [0.25, 0.3) is 0 Å². The number of carbonyl (C=O) groups excluding carboxylic acids is 2. The first kappa shape index (κ1) is 28.9. The molecule has 0 aliphatic carbocycles. The topological polar surface area (TPSA) is 86.8 Å². The predicted octanol–water partition coefficient (Wildman–Crippen LogP) is 4.71. The average molecular weight is 543 g/mol. The van der Waals surface area contributed by atoms with Gasteiger partial charge in [-0.05, 0) is 70.4 Å². The molecule has 0 aliphatic rings. The van der Waals surface area contributed by atoms with Crippen molar-refractivity contribution in [3.05, 3.63) is 63.1 Å². The maximum atomic E-state index is 13.7. The number of hydrogen-bond donors (Lipinski definition) is 1. The molecule has 0 unspecified atom stereocenters. The number of nitrogens with one attached hydrogen (secondary N) is 1. The van der Waals surface area contributed by atoms with Crippen molar-refractivity contribution in [2.45, 2.75) is 59.7 Å². The molecule has 0 aliphatic heterocycles. The van der Waals surface area contributed by atoms with Gasteiger partial charge in [-0.15, -0.1) is 0 Å². The van der Waals surface area contributed by atoms with Crippen LogP contribution in [0, 0.1) is 13.8 Å². The van der Waals surface area contributed by atoms with E-state index in [9.17, 15) is 18.0 Å². The molecule has 0 bridgehead atoms. The summed E-state index contributed by atoms with van der Waals surface area (Å²) in [7, 11) is -3.81. The third kappa shape index (κ3) is 7.85. The van der Waals surface area contributed by atoms with Crippen LogP contribution in [0.2, 0.25) is 10.0 Å². The van der Waals surface area contributed by atoms with Gasteiger partial charge in [-0.3, -0.25) is 13.9 Å². The summed E-state index contributed by atoms with van der Waals surface area (Å²) in [4.78, 5) is 28.0. The SMILES string of the molecule is Cc1cccc(C)c1N(CC(=O)N(Cc1ccc(Cl)cc1Cl)[C@H](C)C(=O)NC(C)(C)C)S(C)(=O)=O. The lowest BCUT2D eigenvalue weighted by Crippen LogP contribution is -2.54. The minimum atomic E-state index is -3.81. The van der Waals surface area contributed by atoms with E-state index < -0.39 is 34.1 Å². The molecule has 0 heterocycles. The Labute approximate surface area is 218 Å². The first-order valence-electron chi connectivity index (χ1n) is 11.1. The molecule has 0 saturated heterocycles. The Kier molecular flexibility index (Phi) is 9.25. The van der Waals surface area contributed by atoms with Gasteiger partial charge in [0.2, 0.25) is 21.8 Å². The first-order valence-corrected chi connectivity index (χ1v) is 13.7. The van der Waals surface area contributed by atoms with Crippen LogP contribution in [0.5, 0.6) is 0 Å². The highest BCUT2D eigenvalue weighted by Gasteiger charge is 2.32. The van der Waals surface area contributed by atoms with Gasteiger partial charge >= 0.3 is 0 Å². The predicted molar refractivity (Wildman–Crippen MR) is 142 cm³/mol. The van der Waals surface area contributed by atoms with Crippen molar-refractivity contribution in [3.63, 3.8) is 0 Å². The average Bonchev–Trinajstić information content (AvgIpc) is 2.69. The molecule has 0 radical (unpaired) electrons. The summed E-state index contributed by atoms with van der Waals surface area (Å²) in [5, 5.41) is 3.66. The van der Waals surface area contributed by atoms with Gasteiger partial charge in [0.15, 0.2) is 0 Å². The number of amides is 2. The quantitative estimate of drug-likeness (QED) is 0.524. The maximum absolute atomic E-state index is 13.7. The first-order chi connectivity index (χ1) is 16.0. The van der Waals surface area contributed by atoms with Crippen LogP contribution in [0.4, 0.5) is 5.69 Å². The number of sulfonamides is 1. The normalized spacial score (nSPS) is 12.7. The van der Waals surface area contributed by atoms with Crippen LogP contribution >= 0.6 is 23.2 Å². The molecule has 0 fully saturated rings. The molecule has 0 saturated carbocycles. The van der Waals surface area contributed by atoms with Crippen LogP contribution in [0.15, 0.2) is 36.4 Å². The van der Waals surface area contributed by atoms with Gasteiger partial charge in [-0.25, -0.2) is 8.42 Å². The summed E-state index contributed by atoms with van der Waals surface area (Å²) < 4.78 is 26.6. The molecule has 2 rings (SSSR count). The number of carbonyl (C=O) groups is 2. The standard InChI is InChI=1S/C25H33Cl2N3O4S/c1-16-9-8-10-17(2)23(16)30(35(7,33)34)15-22(31)29(18(3)24(32)28-25(4,5)6)14-19-11-12-20(26)13-21(19)27/h8-13,18H,14-15H2,1-7H3,(H,28,32)/t18-/m1/s1. The molecule has 2 aromatic rings. The Morgan fingerprint density at radius 1 is 1.06 bits per heavy atom. The Balaban J connectivity index is 2.50. The minimum Gasteiger partial charge on any atom is -0.350 e. The van der Waals surface area contributed by atoms with E-state index in [1.165, 1.54) is 4.90 Å². The number of hydrogen-bond acceptors (Lipinski definition) is 4. The molecular weight excluding hydrogens is 509 g/mol. The highest BCUT2D eigenvalue weighted by Crippen LogP contribution is 2.28. The zero-order chi connectivity index (χ0) is 26.7. The number of anilines is 1. The van der Waals surface area contributed by atoms with Gasteiger partial charge in [0.05, 0.1) is 11.9 Å². The fraction of sp³-hybridized carbons (Fsp3) is 0.440. The molecule has 192 valence electrons. The van der Waals surface area contributed by atoms with E-state index in [1.807, 2.05) is 26.8 Å². The largest absolute Gasteiger partial charge is 0.350 e. The number of rotatable bonds is 8. The monoisotopic (exact) mass is 541 g/mol. The van der Waals surface area contributed by atoms with E-state index in [0.29, 0.717) is 32.4 Å². The van der Waals surface area contributed by atoms with E-state index in [1.54, 1.807) is 51.1 Å². The Hall–Kier alpha value is -2.29. The maximum Gasteiger partial charge on any atom is 0.244 e. The number of halogens is 2. The summed E-state index contributed by atoms with van der Waals surface area (Å²) in [6.07, 6.45) is 1.06. The molecule has 2 amide bonds. The van der Waals surface area contributed by atoms with E-state index >= 15 is 0 Å². The fourth-order valence-electron chi connectivity index (χ4n) is 3.66. The van der Waals surface area contributed by atoms with Crippen LogP contribution in [-0.4, -0.2) is 49.5 Å². The minimum absolute atomic E-state index is 0.00206. The van der Waals surface area contributed by atoms with Gasteiger partial charge < -0.3 is 10.2 Å². The lowest BCUT2D eigenvalue weighted by Gasteiger charge is -2.34. The second-order valence-corrected chi connectivity index (χ2v) is 12.4. The van der Waals surface area contributed by atoms with Crippen LogP contribution < -0.4 is 9.62 Å². The number of aryl methyl sites for hydroxylation is 2. The van der Waals surface area contributed by atoms with E-state index in [-0.39, 0.29) is 12.5 Å². The molecule has 1 atom stereocenters. The van der Waals surface area contributed by atoms with Gasteiger partial charge in [0, 0.05) is 22.1 Å². The Morgan fingerprint density at radius 2 is 1.63 bits per heavy atom. The molecule has 35 heavy (non-hydrogen) atoms. The molecule has 7 nitrogen and oxygen atoms in total. The van der Waals surface area contributed by atoms with Crippen molar-refractivity contribution in [3.8, 4) is 0 Å². The van der Waals surface area contributed by atoms with Crippen molar-refractivity contribution in [1.29, 1.82) is 0 Å². The van der Waals surface area contributed by atoms with Crippen LogP contribution in [0.3, 0.4) is 0 Å². The third-order valence-electron chi connectivity index (χ3n) is 5.39. The molecule has 0 spiro atoms. The van der Waals surface area contributed by atoms with Crippen LogP contribution in [-0.2, 0) is 26.2 Å². The van der Waals surface area contributed by atoms with Crippen molar-refractivity contribution >= 4 is 50.7 Å². The van der Waals surface area contributed by atoms with E-state index in [0.717, 1.165) is 10.6 Å². The Morgan fingerprint density at radius 3 is 2.11 bits per heavy atom. The summed E-state index contributed by atoms with van der Waals surface area (Å²) in [6.45, 7) is 10.2. The zero-order valence-electron chi connectivity index (χ0n) is 21.1. The summed E-state index contributed by atoms with van der Waals surface area (Å²) in [6, 6.07) is 9.38. The van der Waals surface area contributed by atoms with Crippen LogP contribution in [0.1, 0.15) is 44.4 Å². The van der Waals surface area contributed by atoms with Crippen molar-refractivity contribution in [2.24, 2.45) is 0 Å². The molecular formula is C25H33Cl2N3O4S. The van der Waals surface area contributed by atoms with Crippen molar-refractivity contribution < 1.29 is 18.0 Å². The lowest BCUT2D eigenvalue weighted by atomic mass is 10.1. The summed E-state index contributed by atoms with van der Waals surface area (Å²) in [5.41, 5.74) is 1.94. The fourth-order valence-corrected chi connectivity index (χ4v) is 5.10. The number of nitrogens with zero attached hydrogens (tertiary/aromatic N) is 2.